The summed E-state index contributed by atoms with van der Waals surface area (Å²) >= 11 is 0. The van der Waals surface area contributed by atoms with Crippen LogP contribution in [0.2, 0.25) is 0 Å². The van der Waals surface area contributed by atoms with Crippen molar-refractivity contribution in [2.75, 3.05) is 26.2 Å². The molecule has 0 aliphatic carbocycles. The van der Waals surface area contributed by atoms with E-state index in [4.69, 9.17) is 4.74 Å². The van der Waals surface area contributed by atoms with Crippen molar-refractivity contribution in [2.24, 2.45) is 11.3 Å². The van der Waals surface area contributed by atoms with E-state index < -0.39 is 0 Å². The summed E-state index contributed by atoms with van der Waals surface area (Å²) in [6.45, 7) is 18.3. The lowest BCUT2D eigenvalue weighted by Gasteiger charge is -2.48. The Hall–Kier alpha value is -0.120. The van der Waals surface area contributed by atoms with E-state index in [2.05, 4.69) is 51.8 Å². The summed E-state index contributed by atoms with van der Waals surface area (Å²) in [7, 11) is 0. The molecule has 2 heterocycles. The molecule has 3 atom stereocenters. The quantitative estimate of drug-likeness (QED) is 0.861. The first-order chi connectivity index (χ1) is 9.21. The minimum Gasteiger partial charge on any atom is -0.374 e. The Morgan fingerprint density at radius 2 is 2.05 bits per heavy atom. The van der Waals surface area contributed by atoms with Crippen LogP contribution in [0.1, 0.15) is 54.4 Å². The molecule has 0 amide bonds. The topological polar surface area (TPSA) is 24.5 Å². The molecule has 0 spiro atoms. The van der Waals surface area contributed by atoms with Gasteiger partial charge in [0.2, 0.25) is 0 Å². The van der Waals surface area contributed by atoms with Gasteiger partial charge in [-0.25, -0.2) is 0 Å². The lowest BCUT2D eigenvalue weighted by atomic mass is 9.83. The van der Waals surface area contributed by atoms with Crippen LogP contribution in [-0.4, -0.2) is 48.8 Å². The van der Waals surface area contributed by atoms with Gasteiger partial charge in [0.1, 0.15) is 0 Å². The van der Waals surface area contributed by atoms with Crippen LogP contribution in [-0.2, 0) is 4.74 Å². The second-order valence-electron chi connectivity index (χ2n) is 8.47. The third-order valence-corrected chi connectivity index (χ3v) is 5.11. The first kappa shape index (κ1) is 16.3. The van der Waals surface area contributed by atoms with Crippen LogP contribution in [0.4, 0.5) is 0 Å². The minimum absolute atomic E-state index is 0.0763. The summed E-state index contributed by atoms with van der Waals surface area (Å²) in [5.74, 6) is 0.688. The first-order valence-corrected chi connectivity index (χ1v) is 8.33. The van der Waals surface area contributed by atoms with Crippen LogP contribution in [0.15, 0.2) is 0 Å². The van der Waals surface area contributed by atoms with Crippen LogP contribution in [0.25, 0.3) is 0 Å². The summed E-state index contributed by atoms with van der Waals surface area (Å²) in [6.07, 6.45) is 2.43. The second kappa shape index (κ2) is 5.94. The molecular formula is C17H34N2O. The monoisotopic (exact) mass is 282 g/mol. The van der Waals surface area contributed by atoms with E-state index in [-0.39, 0.29) is 5.60 Å². The molecule has 118 valence electrons. The number of piperazine rings is 1. The van der Waals surface area contributed by atoms with Gasteiger partial charge in [-0.1, -0.05) is 34.6 Å². The molecule has 3 nitrogen and oxygen atoms in total. The van der Waals surface area contributed by atoms with Crippen LogP contribution in [0, 0.1) is 11.3 Å². The van der Waals surface area contributed by atoms with Crippen molar-refractivity contribution in [3.63, 3.8) is 0 Å². The average molecular weight is 282 g/mol. The molecule has 2 rings (SSSR count). The Bertz CT molecular complexity index is 315. The predicted molar refractivity (Wildman–Crippen MR) is 85.0 cm³/mol. The molecule has 2 aliphatic rings. The number of nitrogens with zero attached hydrogens (tertiary/aromatic N) is 1. The molecule has 0 saturated carbocycles. The standard InChI is InChI=1S/C17H34N2O/c1-13(2)14-10-18-15(16(3,4)5)11-19(14)12-17(6)8-7-9-20-17/h13-15,18H,7-12H2,1-6H3. The summed E-state index contributed by atoms with van der Waals surface area (Å²) in [5, 5.41) is 3.78. The summed E-state index contributed by atoms with van der Waals surface area (Å²) in [5.41, 5.74) is 0.393. The van der Waals surface area contributed by atoms with Crippen molar-refractivity contribution >= 4 is 0 Å². The zero-order valence-corrected chi connectivity index (χ0v) is 14.3. The highest BCUT2D eigenvalue weighted by Crippen LogP contribution is 2.31. The molecule has 0 bridgehead atoms. The summed E-state index contributed by atoms with van der Waals surface area (Å²) in [6, 6.07) is 1.21. The van der Waals surface area contributed by atoms with Gasteiger partial charge in [0.15, 0.2) is 0 Å². The molecule has 20 heavy (non-hydrogen) atoms. The summed E-state index contributed by atoms with van der Waals surface area (Å²) < 4.78 is 6.03. The highest BCUT2D eigenvalue weighted by molar-refractivity contribution is 4.96. The Labute approximate surface area is 125 Å². The van der Waals surface area contributed by atoms with Crippen molar-refractivity contribution in [1.29, 1.82) is 0 Å². The summed E-state index contributed by atoms with van der Waals surface area (Å²) in [4.78, 5) is 2.70. The van der Waals surface area contributed by atoms with Gasteiger partial charge in [-0.2, -0.15) is 0 Å². The molecule has 3 unspecified atom stereocenters. The van der Waals surface area contributed by atoms with E-state index in [0.29, 0.717) is 23.4 Å². The van der Waals surface area contributed by atoms with Gasteiger partial charge < -0.3 is 10.1 Å². The Morgan fingerprint density at radius 3 is 2.55 bits per heavy atom. The molecule has 2 saturated heterocycles. The molecule has 1 N–H and O–H groups in total. The maximum Gasteiger partial charge on any atom is 0.0781 e. The van der Waals surface area contributed by atoms with Crippen molar-refractivity contribution in [2.45, 2.75) is 72.1 Å². The van der Waals surface area contributed by atoms with Crippen molar-refractivity contribution < 1.29 is 4.74 Å². The lowest BCUT2D eigenvalue weighted by molar-refractivity contribution is -0.0406. The molecule has 0 aromatic carbocycles. The molecule has 3 heteroatoms. The van der Waals surface area contributed by atoms with Crippen LogP contribution in [0.3, 0.4) is 0 Å². The fraction of sp³-hybridized carbons (Fsp3) is 1.00. The van der Waals surface area contributed by atoms with Gasteiger partial charge in [0, 0.05) is 38.3 Å². The van der Waals surface area contributed by atoms with E-state index in [9.17, 15) is 0 Å². The normalized spacial score (nSPS) is 36.8. The SMILES string of the molecule is CC(C)C1CNC(C(C)(C)C)CN1CC1(C)CCCO1. The molecule has 0 aromatic heterocycles. The Kier molecular flexibility index (Phi) is 4.83. The lowest BCUT2D eigenvalue weighted by Crippen LogP contribution is -2.63. The number of hydrogen-bond acceptors (Lipinski definition) is 3. The number of ether oxygens (including phenoxy) is 1. The first-order valence-electron chi connectivity index (χ1n) is 8.33. The Morgan fingerprint density at radius 1 is 1.35 bits per heavy atom. The van der Waals surface area contributed by atoms with Crippen LogP contribution >= 0.6 is 0 Å². The maximum absolute atomic E-state index is 6.03. The zero-order chi connectivity index (χ0) is 15.0. The second-order valence-corrected chi connectivity index (χ2v) is 8.47. The highest BCUT2D eigenvalue weighted by Gasteiger charge is 2.40. The molecule has 2 fully saturated rings. The molecule has 2 aliphatic heterocycles. The minimum atomic E-state index is 0.0763. The van der Waals surface area contributed by atoms with Crippen molar-refractivity contribution in [3.05, 3.63) is 0 Å². The fourth-order valence-corrected chi connectivity index (χ4v) is 3.64. The largest absolute Gasteiger partial charge is 0.374 e. The Balaban J connectivity index is 2.06. The smallest absolute Gasteiger partial charge is 0.0781 e. The van der Waals surface area contributed by atoms with Crippen molar-refractivity contribution in [3.8, 4) is 0 Å². The third-order valence-electron chi connectivity index (χ3n) is 5.11. The maximum atomic E-state index is 6.03. The van der Waals surface area contributed by atoms with Crippen molar-refractivity contribution in [1.82, 2.24) is 10.2 Å². The van der Waals surface area contributed by atoms with E-state index in [1.54, 1.807) is 0 Å². The molecular weight excluding hydrogens is 248 g/mol. The third kappa shape index (κ3) is 3.75. The molecule has 0 radical (unpaired) electrons. The van der Waals surface area contributed by atoms with Gasteiger partial charge in [0.25, 0.3) is 0 Å². The van der Waals surface area contributed by atoms with Crippen LogP contribution in [0.5, 0.6) is 0 Å². The van der Waals surface area contributed by atoms with Gasteiger partial charge >= 0.3 is 0 Å². The van der Waals surface area contributed by atoms with E-state index in [1.165, 1.54) is 12.8 Å². The molecule has 0 aromatic rings. The van der Waals surface area contributed by atoms with Gasteiger partial charge in [-0.05, 0) is 31.1 Å². The van der Waals surface area contributed by atoms with Gasteiger partial charge in [-0.15, -0.1) is 0 Å². The van der Waals surface area contributed by atoms with Gasteiger partial charge in [0.05, 0.1) is 5.60 Å². The van der Waals surface area contributed by atoms with Crippen LogP contribution < -0.4 is 5.32 Å². The highest BCUT2D eigenvalue weighted by atomic mass is 16.5. The average Bonchev–Trinajstić information content (AvgIpc) is 2.74. The number of nitrogens with one attached hydrogen (secondary N) is 1. The van der Waals surface area contributed by atoms with Gasteiger partial charge in [-0.3, -0.25) is 4.90 Å². The van der Waals surface area contributed by atoms with E-state index in [0.717, 1.165) is 26.2 Å². The van der Waals surface area contributed by atoms with E-state index in [1.807, 2.05) is 0 Å². The number of hydrogen-bond donors (Lipinski definition) is 1. The zero-order valence-electron chi connectivity index (χ0n) is 14.3. The number of rotatable bonds is 3. The van der Waals surface area contributed by atoms with E-state index >= 15 is 0 Å². The fourth-order valence-electron chi connectivity index (χ4n) is 3.64. The predicted octanol–water partition coefficient (Wildman–Crippen LogP) is 2.90.